The monoisotopic (exact) mass is 326 g/mol. The number of benzene rings is 2. The first-order chi connectivity index (χ1) is 8.66. The van der Waals surface area contributed by atoms with Crippen molar-refractivity contribution in [2.45, 2.75) is 0 Å². The van der Waals surface area contributed by atoms with E-state index in [4.69, 9.17) is 19.1 Å². The van der Waals surface area contributed by atoms with Crippen molar-refractivity contribution >= 4 is 32.7 Å². The molecule has 0 saturated carbocycles. The van der Waals surface area contributed by atoms with Crippen LogP contribution in [0.2, 0.25) is 0 Å². The fraction of sp³-hybridized carbons (Fsp3) is 0. The van der Waals surface area contributed by atoms with Crippen LogP contribution in [0.4, 0.5) is 0 Å². The fourth-order valence-electron chi connectivity index (χ4n) is 1.58. The summed E-state index contributed by atoms with van der Waals surface area (Å²) in [4.78, 5) is 14.3. The summed E-state index contributed by atoms with van der Waals surface area (Å²) < 4.78 is 17.3. The molecule has 2 aromatic rings. The molecule has 0 atom stereocenters. The van der Waals surface area contributed by atoms with Crippen LogP contribution in [-0.4, -0.2) is 25.5 Å². The standard InChI is InChI=1S/C12H9AsO.H3O3P/c1-3-7-11-9(5-1)13-10-6-2-4-8-12(10)14-11;1-4(2)3/h1-8,13H;4H,(H2,1,2,3). The van der Waals surface area contributed by atoms with E-state index in [2.05, 4.69) is 36.4 Å². The first kappa shape index (κ1) is 13.4. The quantitative estimate of drug-likeness (QED) is 0.467. The zero-order chi connectivity index (χ0) is 13.0. The summed E-state index contributed by atoms with van der Waals surface area (Å²) in [5.41, 5.74) is 0. The van der Waals surface area contributed by atoms with Gasteiger partial charge in [0, 0.05) is 0 Å². The topological polar surface area (TPSA) is 66.8 Å². The summed E-state index contributed by atoms with van der Waals surface area (Å²) in [6, 6.07) is 16.7. The van der Waals surface area contributed by atoms with Gasteiger partial charge in [-0.15, -0.1) is 0 Å². The first-order valence-electron chi connectivity index (χ1n) is 5.21. The summed E-state index contributed by atoms with van der Waals surface area (Å²) in [7, 11) is -3.13. The van der Waals surface area contributed by atoms with Crippen LogP contribution in [0.1, 0.15) is 0 Å². The second kappa shape index (κ2) is 6.21. The van der Waals surface area contributed by atoms with Crippen LogP contribution in [-0.2, 0) is 4.57 Å². The van der Waals surface area contributed by atoms with Crippen molar-refractivity contribution < 1.29 is 19.1 Å². The van der Waals surface area contributed by atoms with Crippen molar-refractivity contribution in [2.24, 2.45) is 0 Å². The summed E-state index contributed by atoms with van der Waals surface area (Å²) in [5.74, 6) is 2.09. The van der Waals surface area contributed by atoms with Gasteiger partial charge in [0.05, 0.1) is 0 Å². The molecule has 0 fully saturated rings. The Balaban J connectivity index is 0.000000267. The van der Waals surface area contributed by atoms with E-state index in [1.54, 1.807) is 0 Å². The molecule has 1 heterocycles. The molecule has 0 aromatic heterocycles. The fourth-order valence-corrected chi connectivity index (χ4v) is 4.02. The van der Waals surface area contributed by atoms with E-state index in [1.807, 2.05) is 12.1 Å². The Kier molecular flexibility index (Phi) is 4.62. The molecular formula is C12H12AsO4P. The van der Waals surface area contributed by atoms with E-state index in [-0.39, 0.29) is 15.8 Å². The van der Waals surface area contributed by atoms with Crippen LogP contribution in [0.15, 0.2) is 48.5 Å². The number of para-hydroxylation sites is 2. The van der Waals surface area contributed by atoms with Crippen molar-refractivity contribution in [1.82, 2.24) is 0 Å². The number of hydrogen-bond donors (Lipinski definition) is 2. The van der Waals surface area contributed by atoms with Gasteiger partial charge >= 0.3 is 97.5 Å². The molecule has 0 unspecified atom stereocenters. The Bertz CT molecular complexity index is 482. The molecule has 1 aliphatic rings. The van der Waals surface area contributed by atoms with Gasteiger partial charge in [0.25, 0.3) is 0 Å². The van der Waals surface area contributed by atoms with Crippen molar-refractivity contribution in [3.63, 3.8) is 0 Å². The van der Waals surface area contributed by atoms with Crippen LogP contribution >= 0.6 is 8.25 Å². The van der Waals surface area contributed by atoms with Crippen molar-refractivity contribution in [2.75, 3.05) is 0 Å². The van der Waals surface area contributed by atoms with Gasteiger partial charge in [0.15, 0.2) is 0 Å². The number of ether oxygens (including phenoxy) is 1. The Hall–Kier alpha value is -1.05. The van der Waals surface area contributed by atoms with Crippen LogP contribution in [0.25, 0.3) is 0 Å². The molecule has 3 rings (SSSR count). The molecule has 0 spiro atoms. The predicted octanol–water partition coefficient (Wildman–Crippen LogP) is 0.540. The van der Waals surface area contributed by atoms with Gasteiger partial charge in [-0.05, 0) is 0 Å². The van der Waals surface area contributed by atoms with Crippen LogP contribution < -0.4 is 13.4 Å². The zero-order valence-electron chi connectivity index (χ0n) is 9.33. The molecule has 0 aliphatic carbocycles. The Morgan fingerprint density at radius 1 is 0.889 bits per heavy atom. The average molecular weight is 326 g/mol. The predicted molar refractivity (Wildman–Crippen MR) is 72.8 cm³/mol. The normalized spacial score (nSPS) is 11.7. The Labute approximate surface area is 112 Å². The number of rotatable bonds is 0. The molecule has 6 heteroatoms. The van der Waals surface area contributed by atoms with Crippen LogP contribution in [0.5, 0.6) is 11.5 Å². The summed E-state index contributed by atoms with van der Waals surface area (Å²) in [6.07, 6.45) is 0. The van der Waals surface area contributed by atoms with Gasteiger partial charge in [0.2, 0.25) is 0 Å². The van der Waals surface area contributed by atoms with Crippen LogP contribution in [0.3, 0.4) is 0 Å². The van der Waals surface area contributed by atoms with Crippen molar-refractivity contribution in [3.05, 3.63) is 48.5 Å². The van der Waals surface area contributed by atoms with Crippen molar-refractivity contribution in [3.8, 4) is 11.5 Å². The molecule has 1 aliphatic heterocycles. The van der Waals surface area contributed by atoms with E-state index in [1.165, 1.54) is 8.70 Å². The Morgan fingerprint density at radius 3 is 1.72 bits per heavy atom. The second-order valence-electron chi connectivity index (χ2n) is 3.50. The van der Waals surface area contributed by atoms with E-state index < -0.39 is 8.25 Å². The molecule has 94 valence electrons. The zero-order valence-corrected chi connectivity index (χ0v) is 12.4. The SMILES string of the molecule is O=[PH](O)O.c1ccc2c(c1)Oc1ccccc1[AsH]2. The third kappa shape index (κ3) is 3.47. The van der Waals surface area contributed by atoms with Gasteiger partial charge < -0.3 is 9.79 Å². The second-order valence-corrected chi connectivity index (χ2v) is 6.85. The molecule has 4 nitrogen and oxygen atoms in total. The minimum atomic E-state index is -3.13. The van der Waals surface area contributed by atoms with E-state index in [0.29, 0.717) is 0 Å². The molecule has 18 heavy (non-hydrogen) atoms. The van der Waals surface area contributed by atoms with Gasteiger partial charge in [-0.2, -0.15) is 0 Å². The molecule has 0 bridgehead atoms. The minimum absolute atomic E-state index is 0.190. The maximum absolute atomic E-state index is 8.74. The first-order valence-corrected chi connectivity index (χ1v) is 8.62. The molecule has 0 saturated heterocycles. The van der Waals surface area contributed by atoms with E-state index >= 15 is 0 Å². The van der Waals surface area contributed by atoms with Gasteiger partial charge in [-0.1, -0.05) is 0 Å². The van der Waals surface area contributed by atoms with Gasteiger partial charge in [0.1, 0.15) is 0 Å². The average Bonchev–Trinajstić information content (AvgIpc) is 2.35. The van der Waals surface area contributed by atoms with E-state index in [0.717, 1.165) is 11.5 Å². The van der Waals surface area contributed by atoms with Crippen molar-refractivity contribution in [1.29, 1.82) is 0 Å². The third-order valence-electron chi connectivity index (χ3n) is 2.26. The summed E-state index contributed by atoms with van der Waals surface area (Å²) in [5, 5.41) is 0. The van der Waals surface area contributed by atoms with Gasteiger partial charge in [-0.3, -0.25) is 4.57 Å². The number of hydrogen-bond acceptors (Lipinski definition) is 2. The number of fused-ring (bicyclic) bond motifs is 2. The van der Waals surface area contributed by atoms with Gasteiger partial charge in [-0.25, -0.2) is 0 Å². The molecule has 0 radical (unpaired) electrons. The Morgan fingerprint density at radius 2 is 1.28 bits per heavy atom. The summed E-state index contributed by atoms with van der Waals surface area (Å²) in [6.45, 7) is 0. The molecule has 0 amide bonds. The summed E-state index contributed by atoms with van der Waals surface area (Å²) >= 11 is -0.190. The maximum atomic E-state index is 8.74. The van der Waals surface area contributed by atoms with Crippen LogP contribution in [0, 0.1) is 0 Å². The molecular weight excluding hydrogens is 314 g/mol. The molecule has 2 aromatic carbocycles. The molecule has 2 N–H and O–H groups in total. The van der Waals surface area contributed by atoms with E-state index in [9.17, 15) is 0 Å². The third-order valence-corrected chi connectivity index (χ3v) is 5.13.